The number of aromatic nitrogens is 2. The molecular weight excluding hydrogens is 460 g/mol. The van der Waals surface area contributed by atoms with Crippen molar-refractivity contribution >= 4 is 29.0 Å². The molecule has 2 aromatic carbocycles. The first-order valence-electron chi connectivity index (χ1n) is 11.0. The van der Waals surface area contributed by atoms with E-state index in [-0.39, 0.29) is 11.5 Å². The minimum Gasteiger partial charge on any atom is -0.497 e. The molecule has 5 rings (SSSR count). The van der Waals surface area contributed by atoms with Crippen LogP contribution in [0.3, 0.4) is 0 Å². The van der Waals surface area contributed by atoms with E-state index >= 15 is 0 Å². The number of para-hydroxylation sites is 1. The van der Waals surface area contributed by atoms with E-state index in [4.69, 9.17) is 4.74 Å². The fourth-order valence-electron chi connectivity index (χ4n) is 4.05. The number of ether oxygens (including phenoxy) is 1. The highest BCUT2D eigenvalue weighted by molar-refractivity contribution is 7.07. The van der Waals surface area contributed by atoms with E-state index in [9.17, 15) is 9.59 Å². The summed E-state index contributed by atoms with van der Waals surface area (Å²) in [6.45, 7) is 1.80. The Morgan fingerprint density at radius 2 is 1.86 bits per heavy atom. The fourth-order valence-corrected chi connectivity index (χ4v) is 5.09. The quantitative estimate of drug-likeness (QED) is 0.473. The molecule has 0 saturated heterocycles. The van der Waals surface area contributed by atoms with Crippen LogP contribution in [0.2, 0.25) is 0 Å². The summed E-state index contributed by atoms with van der Waals surface area (Å²) in [4.78, 5) is 36.5. The smallest absolute Gasteiger partial charge is 0.271 e. The number of nitrogens with one attached hydrogen (secondary N) is 1. The van der Waals surface area contributed by atoms with Gasteiger partial charge in [-0.2, -0.15) is 0 Å². The van der Waals surface area contributed by atoms with Gasteiger partial charge in [0.05, 0.1) is 29.0 Å². The number of allylic oxidation sites excluding steroid dienone is 1. The van der Waals surface area contributed by atoms with Crippen LogP contribution in [-0.4, -0.2) is 22.6 Å². The van der Waals surface area contributed by atoms with Crippen molar-refractivity contribution < 1.29 is 9.53 Å². The Morgan fingerprint density at radius 1 is 1.09 bits per heavy atom. The van der Waals surface area contributed by atoms with Gasteiger partial charge in [0.2, 0.25) is 0 Å². The molecule has 1 aliphatic rings. The molecule has 1 aliphatic heterocycles. The van der Waals surface area contributed by atoms with Crippen LogP contribution < -0.4 is 24.9 Å². The van der Waals surface area contributed by atoms with Gasteiger partial charge < -0.3 is 10.1 Å². The Bertz CT molecular complexity index is 1590. The van der Waals surface area contributed by atoms with Crippen LogP contribution in [0, 0.1) is 0 Å². The van der Waals surface area contributed by atoms with Crippen molar-refractivity contribution in [3.63, 3.8) is 0 Å². The maximum atomic E-state index is 13.6. The standard InChI is InChI=1S/C27H22N4O3S/c1-17-23(25(32)30-20-8-4-3-5-9-20)24(19-10-12-21(34-2)13-11-19)31-26(33)22(35-27(31)29-17)15-18-7-6-14-28-16-18/h3-16,24H,1-2H3,(H,30,32)/b22-15+/t24-/m0/s1. The average molecular weight is 483 g/mol. The van der Waals surface area contributed by atoms with Gasteiger partial charge in [-0.15, -0.1) is 0 Å². The first kappa shape index (κ1) is 22.5. The van der Waals surface area contributed by atoms with Crippen LogP contribution in [0.1, 0.15) is 24.1 Å². The van der Waals surface area contributed by atoms with E-state index in [1.165, 1.54) is 11.3 Å². The summed E-state index contributed by atoms with van der Waals surface area (Å²) < 4.78 is 7.43. The molecule has 1 amide bonds. The second-order valence-electron chi connectivity index (χ2n) is 7.96. The number of methoxy groups -OCH3 is 1. The fraction of sp³-hybridized carbons (Fsp3) is 0.111. The third kappa shape index (κ3) is 4.43. The Labute approximate surface area is 205 Å². The monoisotopic (exact) mass is 482 g/mol. The number of carbonyl (C=O) groups excluding carboxylic acids is 1. The zero-order valence-corrected chi connectivity index (χ0v) is 20.0. The van der Waals surface area contributed by atoms with E-state index in [0.717, 1.165) is 11.1 Å². The molecule has 0 spiro atoms. The molecule has 0 aliphatic carbocycles. The highest BCUT2D eigenvalue weighted by Gasteiger charge is 2.32. The van der Waals surface area contributed by atoms with Crippen molar-refractivity contribution in [2.75, 3.05) is 12.4 Å². The van der Waals surface area contributed by atoms with E-state index in [1.807, 2.05) is 66.7 Å². The lowest BCUT2D eigenvalue weighted by Crippen LogP contribution is -2.40. The number of pyridine rings is 1. The predicted octanol–water partition coefficient (Wildman–Crippen LogP) is 3.28. The van der Waals surface area contributed by atoms with Gasteiger partial charge in [-0.1, -0.05) is 47.7 Å². The SMILES string of the molecule is COc1ccc([C@H]2C(C(=O)Nc3ccccc3)=C(C)N=c3s/c(=C/c4cccnc4)c(=O)n32)cc1. The maximum Gasteiger partial charge on any atom is 0.271 e. The Balaban J connectivity index is 1.67. The summed E-state index contributed by atoms with van der Waals surface area (Å²) >= 11 is 1.29. The number of thiazole rings is 1. The topological polar surface area (TPSA) is 85.6 Å². The number of anilines is 1. The zero-order chi connectivity index (χ0) is 24.4. The van der Waals surface area contributed by atoms with Gasteiger partial charge in [-0.3, -0.25) is 19.1 Å². The number of hydrogen-bond donors (Lipinski definition) is 1. The lowest BCUT2D eigenvalue weighted by Gasteiger charge is -2.25. The van der Waals surface area contributed by atoms with Crippen molar-refractivity contribution in [3.05, 3.63) is 121 Å². The molecule has 3 heterocycles. The number of hydrogen-bond acceptors (Lipinski definition) is 6. The summed E-state index contributed by atoms with van der Waals surface area (Å²) in [6, 6.07) is 19.7. The van der Waals surface area contributed by atoms with Crippen LogP contribution in [0.15, 0.2) is 100 Å². The molecular formula is C27H22N4O3S. The highest BCUT2D eigenvalue weighted by Crippen LogP contribution is 2.31. The third-order valence-corrected chi connectivity index (χ3v) is 6.69. The van der Waals surface area contributed by atoms with Crippen LogP contribution in [0.5, 0.6) is 5.75 Å². The van der Waals surface area contributed by atoms with Crippen LogP contribution >= 0.6 is 11.3 Å². The molecule has 4 aromatic rings. The van der Waals surface area contributed by atoms with Crippen LogP contribution in [0.25, 0.3) is 6.08 Å². The first-order chi connectivity index (χ1) is 17.0. The van der Waals surface area contributed by atoms with Crippen molar-refractivity contribution in [2.24, 2.45) is 4.99 Å². The zero-order valence-electron chi connectivity index (χ0n) is 19.1. The first-order valence-corrected chi connectivity index (χ1v) is 11.8. The van der Waals surface area contributed by atoms with Gasteiger partial charge in [0.15, 0.2) is 4.80 Å². The van der Waals surface area contributed by atoms with E-state index in [2.05, 4.69) is 15.3 Å². The summed E-state index contributed by atoms with van der Waals surface area (Å²) in [5.74, 6) is 0.383. The van der Waals surface area contributed by atoms with E-state index < -0.39 is 6.04 Å². The predicted molar refractivity (Wildman–Crippen MR) is 136 cm³/mol. The highest BCUT2D eigenvalue weighted by atomic mass is 32.1. The Morgan fingerprint density at radius 3 is 2.54 bits per heavy atom. The molecule has 0 radical (unpaired) electrons. The molecule has 35 heavy (non-hydrogen) atoms. The Hall–Kier alpha value is -4.30. The maximum absolute atomic E-state index is 13.6. The molecule has 0 unspecified atom stereocenters. The summed E-state index contributed by atoms with van der Waals surface area (Å²) in [6.07, 6.45) is 5.18. The Kier molecular flexibility index (Phi) is 6.12. The molecule has 2 aromatic heterocycles. The van der Waals surface area contributed by atoms with Crippen LogP contribution in [-0.2, 0) is 4.79 Å². The average Bonchev–Trinajstić information content (AvgIpc) is 3.18. The van der Waals surface area contributed by atoms with Gasteiger partial charge in [-0.25, -0.2) is 4.99 Å². The molecule has 7 nitrogen and oxygen atoms in total. The number of carbonyl (C=O) groups is 1. The number of nitrogens with zero attached hydrogens (tertiary/aromatic N) is 3. The number of fused-ring (bicyclic) bond motifs is 1. The number of amides is 1. The molecule has 0 bridgehead atoms. The van der Waals surface area contributed by atoms with Gasteiger partial charge in [0, 0.05) is 18.1 Å². The second kappa shape index (κ2) is 9.52. The lowest BCUT2D eigenvalue weighted by atomic mass is 9.95. The van der Waals surface area contributed by atoms with E-state index in [0.29, 0.717) is 32.0 Å². The minimum absolute atomic E-state index is 0.212. The third-order valence-electron chi connectivity index (χ3n) is 5.71. The molecule has 1 atom stereocenters. The normalized spacial score (nSPS) is 15.4. The van der Waals surface area contributed by atoms with Gasteiger partial charge >= 0.3 is 0 Å². The molecule has 174 valence electrons. The van der Waals surface area contributed by atoms with Gasteiger partial charge in [0.1, 0.15) is 5.75 Å². The van der Waals surface area contributed by atoms with Crippen LogP contribution in [0.4, 0.5) is 5.69 Å². The van der Waals surface area contributed by atoms with Crippen molar-refractivity contribution in [2.45, 2.75) is 13.0 Å². The molecule has 0 saturated carbocycles. The van der Waals surface area contributed by atoms with Crippen molar-refractivity contribution in [3.8, 4) is 5.75 Å². The van der Waals surface area contributed by atoms with E-state index in [1.54, 1.807) is 37.1 Å². The number of rotatable bonds is 5. The summed E-state index contributed by atoms with van der Waals surface area (Å²) in [5, 5.41) is 2.95. The number of benzene rings is 2. The molecule has 1 N–H and O–H groups in total. The van der Waals surface area contributed by atoms with Crippen molar-refractivity contribution in [1.29, 1.82) is 0 Å². The largest absolute Gasteiger partial charge is 0.497 e. The van der Waals surface area contributed by atoms with Gasteiger partial charge in [-0.05, 0) is 54.5 Å². The van der Waals surface area contributed by atoms with Crippen molar-refractivity contribution in [1.82, 2.24) is 9.55 Å². The molecule has 8 heteroatoms. The second-order valence-corrected chi connectivity index (χ2v) is 8.97. The minimum atomic E-state index is -0.642. The summed E-state index contributed by atoms with van der Waals surface area (Å²) in [7, 11) is 1.60. The van der Waals surface area contributed by atoms with Gasteiger partial charge in [0.25, 0.3) is 11.5 Å². The lowest BCUT2D eigenvalue weighted by molar-refractivity contribution is -0.113. The molecule has 0 fully saturated rings. The summed E-state index contributed by atoms with van der Waals surface area (Å²) in [5.41, 5.74) is 3.04.